The first-order chi connectivity index (χ1) is 11.1. The Morgan fingerprint density at radius 2 is 2.30 bits per heavy atom. The van der Waals surface area contributed by atoms with Gasteiger partial charge in [-0.25, -0.2) is 0 Å². The summed E-state index contributed by atoms with van der Waals surface area (Å²) in [6, 6.07) is 0.690. The molecule has 0 aromatic carbocycles. The van der Waals surface area contributed by atoms with Crippen LogP contribution in [-0.2, 0) is 17.9 Å². The van der Waals surface area contributed by atoms with Gasteiger partial charge in [-0.2, -0.15) is 0 Å². The van der Waals surface area contributed by atoms with E-state index in [4.69, 9.17) is 0 Å². The zero-order valence-corrected chi connectivity index (χ0v) is 14.3. The normalized spacial score (nSPS) is 29.9. The van der Waals surface area contributed by atoms with Crippen molar-refractivity contribution in [2.24, 2.45) is 11.8 Å². The van der Waals surface area contributed by atoms with E-state index in [1.165, 1.54) is 0 Å². The minimum atomic E-state index is 0.151. The number of hydrogen-bond donors (Lipinski definition) is 2. The number of amides is 1. The van der Waals surface area contributed by atoms with Crippen LogP contribution in [-0.4, -0.2) is 58.0 Å². The first kappa shape index (κ1) is 16.4. The summed E-state index contributed by atoms with van der Waals surface area (Å²) in [6.45, 7) is 7.63. The van der Waals surface area contributed by atoms with Crippen LogP contribution in [0.1, 0.15) is 32.4 Å². The molecule has 3 aliphatic heterocycles. The molecule has 2 N–H and O–H groups in total. The number of carbonyl (C=O) groups is 1. The lowest BCUT2D eigenvalue weighted by molar-refractivity contribution is -0.133. The van der Waals surface area contributed by atoms with Crippen LogP contribution in [0.2, 0.25) is 0 Å². The van der Waals surface area contributed by atoms with Crippen LogP contribution >= 0.6 is 0 Å². The summed E-state index contributed by atoms with van der Waals surface area (Å²) in [5, 5.41) is 14.6. The van der Waals surface area contributed by atoms with E-state index in [1.54, 1.807) is 0 Å². The average Bonchev–Trinajstić information content (AvgIpc) is 2.95. The lowest BCUT2D eigenvalue weighted by atomic mass is 9.75. The van der Waals surface area contributed by atoms with E-state index >= 15 is 0 Å². The van der Waals surface area contributed by atoms with Gasteiger partial charge in [0.25, 0.3) is 0 Å². The molecule has 0 spiro atoms. The number of carbonyl (C=O) groups excluding carboxylic acids is 1. The third kappa shape index (κ3) is 3.72. The molecule has 0 saturated carbocycles. The molecule has 3 aliphatic rings. The van der Waals surface area contributed by atoms with E-state index in [9.17, 15) is 4.79 Å². The molecule has 0 aliphatic carbocycles. The van der Waals surface area contributed by atoms with E-state index < -0.39 is 0 Å². The van der Waals surface area contributed by atoms with Crippen molar-refractivity contribution in [1.82, 2.24) is 30.5 Å². The molecule has 2 bridgehead atoms. The highest BCUT2D eigenvalue weighted by Crippen LogP contribution is 2.36. The van der Waals surface area contributed by atoms with Gasteiger partial charge in [0, 0.05) is 31.4 Å². The van der Waals surface area contributed by atoms with Crippen molar-refractivity contribution in [1.29, 1.82) is 0 Å². The van der Waals surface area contributed by atoms with E-state index in [-0.39, 0.29) is 17.9 Å². The van der Waals surface area contributed by atoms with Crippen LogP contribution in [0.25, 0.3) is 0 Å². The number of hydrogen-bond acceptors (Lipinski definition) is 5. The molecule has 4 atom stereocenters. The smallest absolute Gasteiger partial charge is 0.224 e. The van der Waals surface area contributed by atoms with E-state index in [0.717, 1.165) is 44.7 Å². The van der Waals surface area contributed by atoms with Gasteiger partial charge in [0.1, 0.15) is 0 Å². The maximum absolute atomic E-state index is 12.4. The van der Waals surface area contributed by atoms with Crippen molar-refractivity contribution in [3.63, 3.8) is 0 Å². The molecule has 0 radical (unpaired) electrons. The largest absolute Gasteiger partial charge is 0.354 e. The van der Waals surface area contributed by atoms with E-state index in [2.05, 4.69) is 25.8 Å². The second-order valence-corrected chi connectivity index (χ2v) is 7.17. The number of fused-ring (bicyclic) bond motifs is 3. The summed E-state index contributed by atoms with van der Waals surface area (Å²) in [5.41, 5.74) is 0.970. The van der Waals surface area contributed by atoms with Gasteiger partial charge < -0.3 is 10.6 Å². The summed E-state index contributed by atoms with van der Waals surface area (Å²) >= 11 is 0. The van der Waals surface area contributed by atoms with E-state index in [0.29, 0.717) is 12.0 Å². The van der Waals surface area contributed by atoms with Gasteiger partial charge >= 0.3 is 0 Å². The molecule has 7 heteroatoms. The first-order valence-corrected chi connectivity index (χ1v) is 8.65. The van der Waals surface area contributed by atoms with Crippen LogP contribution in [0, 0.1) is 11.8 Å². The van der Waals surface area contributed by atoms with Crippen LogP contribution < -0.4 is 10.6 Å². The van der Waals surface area contributed by atoms with Crippen LogP contribution in [0.4, 0.5) is 0 Å². The van der Waals surface area contributed by atoms with Gasteiger partial charge in [-0.3, -0.25) is 14.4 Å². The molecule has 4 rings (SSSR count). The Balaban J connectivity index is 1.59. The quantitative estimate of drug-likeness (QED) is 0.785. The van der Waals surface area contributed by atoms with Gasteiger partial charge in [-0.05, 0) is 46.2 Å². The van der Waals surface area contributed by atoms with Gasteiger partial charge in [0.05, 0.1) is 18.2 Å². The second-order valence-electron chi connectivity index (χ2n) is 7.17. The Labute approximate surface area is 137 Å². The molecule has 3 saturated heterocycles. The van der Waals surface area contributed by atoms with Crippen molar-refractivity contribution in [2.45, 2.75) is 51.9 Å². The molecule has 7 nitrogen and oxygen atoms in total. The second kappa shape index (κ2) is 6.97. The number of nitrogens with zero attached hydrogens (tertiary/aromatic N) is 4. The third-order valence-electron chi connectivity index (χ3n) is 4.99. The number of aromatic nitrogens is 3. The van der Waals surface area contributed by atoms with Gasteiger partial charge in [0.15, 0.2) is 0 Å². The minimum Gasteiger partial charge on any atom is -0.354 e. The van der Waals surface area contributed by atoms with Crippen LogP contribution in [0.5, 0.6) is 0 Å². The molecule has 23 heavy (non-hydrogen) atoms. The Kier molecular flexibility index (Phi) is 4.96. The third-order valence-corrected chi connectivity index (χ3v) is 4.99. The molecule has 1 aromatic heterocycles. The van der Waals surface area contributed by atoms with Gasteiger partial charge in [-0.15, -0.1) is 5.10 Å². The fourth-order valence-electron chi connectivity index (χ4n) is 3.92. The van der Waals surface area contributed by atoms with Crippen molar-refractivity contribution >= 4 is 5.91 Å². The molecule has 1 aromatic rings. The van der Waals surface area contributed by atoms with E-state index in [1.807, 2.05) is 31.8 Å². The lowest BCUT2D eigenvalue weighted by Crippen LogP contribution is -2.58. The highest BCUT2D eigenvalue weighted by atomic mass is 16.2. The Morgan fingerprint density at radius 1 is 1.48 bits per heavy atom. The summed E-state index contributed by atoms with van der Waals surface area (Å²) < 4.78 is 1.95. The van der Waals surface area contributed by atoms with Gasteiger partial charge in [-0.1, -0.05) is 5.21 Å². The number of piperidine rings is 3. The minimum absolute atomic E-state index is 0.151. The average molecular weight is 320 g/mol. The Morgan fingerprint density at radius 3 is 2.96 bits per heavy atom. The van der Waals surface area contributed by atoms with Crippen LogP contribution in [0.15, 0.2) is 6.20 Å². The molecule has 1 amide bonds. The maximum Gasteiger partial charge on any atom is 0.224 e. The molecular weight excluding hydrogens is 292 g/mol. The summed E-state index contributed by atoms with van der Waals surface area (Å²) in [4.78, 5) is 14.8. The summed E-state index contributed by atoms with van der Waals surface area (Å²) in [7, 11) is 1.91. The summed E-state index contributed by atoms with van der Waals surface area (Å²) in [5.74, 6) is 0.882. The van der Waals surface area contributed by atoms with Crippen molar-refractivity contribution < 1.29 is 4.79 Å². The van der Waals surface area contributed by atoms with Crippen molar-refractivity contribution in [3.05, 3.63) is 11.9 Å². The summed E-state index contributed by atoms with van der Waals surface area (Å²) in [6.07, 6.45) is 4.23. The molecule has 128 valence electrons. The highest BCUT2D eigenvalue weighted by molar-refractivity contribution is 5.79. The van der Waals surface area contributed by atoms with Crippen molar-refractivity contribution in [3.8, 4) is 0 Å². The number of nitrogens with one attached hydrogen (secondary N) is 2. The fourth-order valence-corrected chi connectivity index (χ4v) is 3.92. The zero-order chi connectivity index (χ0) is 16.4. The van der Waals surface area contributed by atoms with Gasteiger partial charge in [0.2, 0.25) is 5.91 Å². The predicted molar refractivity (Wildman–Crippen MR) is 87.6 cm³/mol. The Hall–Kier alpha value is -1.47. The molecule has 1 unspecified atom stereocenters. The first-order valence-electron chi connectivity index (χ1n) is 8.65. The predicted octanol–water partition coefficient (Wildman–Crippen LogP) is 0.233. The van der Waals surface area contributed by atoms with Crippen molar-refractivity contribution in [2.75, 3.05) is 20.1 Å². The monoisotopic (exact) mass is 320 g/mol. The molecule has 4 heterocycles. The standard InChI is InChI=1S/C16H28N6O/c1-11(2)18-16(23)15-10-21-5-4-12(15)6-14(21)9-22-8-13(7-17-3)19-20-22/h8,11-12,14-15,17H,4-7,9-10H2,1-3H3,(H,18,23)/t12-,14-,15-/m1/s1. The molecule has 3 fully saturated rings. The Bertz CT molecular complexity index is 542. The zero-order valence-electron chi connectivity index (χ0n) is 14.3. The molecular formula is C16H28N6O. The van der Waals surface area contributed by atoms with Crippen LogP contribution in [0.3, 0.4) is 0 Å². The fraction of sp³-hybridized carbons (Fsp3) is 0.812. The number of rotatable bonds is 6. The topological polar surface area (TPSA) is 75.1 Å². The lowest BCUT2D eigenvalue weighted by Gasteiger charge is -2.49. The highest BCUT2D eigenvalue weighted by Gasteiger charge is 2.43. The maximum atomic E-state index is 12.4. The SMILES string of the molecule is CNCc1cn(C[C@H]2C[C@H]3CCN2C[C@H]3C(=O)NC(C)C)nn1.